The van der Waals surface area contributed by atoms with Gasteiger partial charge in [0.05, 0.1) is 0 Å². The second-order valence-electron chi connectivity index (χ2n) is 13.2. The van der Waals surface area contributed by atoms with Gasteiger partial charge in [0.1, 0.15) is 0 Å². The van der Waals surface area contributed by atoms with E-state index in [-0.39, 0.29) is 0 Å². The summed E-state index contributed by atoms with van der Waals surface area (Å²) in [5, 5.41) is 12.6. The molecule has 0 aliphatic carbocycles. The lowest BCUT2D eigenvalue weighted by Gasteiger charge is -2.21. The highest BCUT2D eigenvalue weighted by Gasteiger charge is 2.20. The van der Waals surface area contributed by atoms with Crippen molar-refractivity contribution in [1.29, 1.82) is 0 Å². The van der Waals surface area contributed by atoms with Crippen LogP contribution in [0.1, 0.15) is 0 Å². The molecule has 50 heavy (non-hydrogen) atoms. The summed E-state index contributed by atoms with van der Waals surface area (Å²) in [4.78, 5) is 0. The van der Waals surface area contributed by atoms with Crippen LogP contribution in [0.25, 0.3) is 98.4 Å². The van der Waals surface area contributed by atoms with Crippen molar-refractivity contribution in [2.24, 2.45) is 0 Å². The lowest BCUT2D eigenvalue weighted by Crippen LogP contribution is -1.93. The molecule has 0 heteroatoms. The number of hydrogen-bond acceptors (Lipinski definition) is 0. The molecule has 0 aromatic heterocycles. The number of hydrogen-bond donors (Lipinski definition) is 0. The van der Waals surface area contributed by atoms with Crippen LogP contribution in [0.2, 0.25) is 0 Å². The Hall–Kier alpha value is -6.50. The highest BCUT2D eigenvalue weighted by molar-refractivity contribution is 6.25. The fourth-order valence-electron chi connectivity index (χ4n) is 8.15. The molecule has 10 rings (SSSR count). The van der Waals surface area contributed by atoms with Crippen LogP contribution in [0.5, 0.6) is 0 Å². The third-order valence-corrected chi connectivity index (χ3v) is 10.4. The average Bonchev–Trinajstić information content (AvgIpc) is 3.19. The Bertz CT molecular complexity index is 2910. The van der Waals surface area contributed by atoms with Gasteiger partial charge in [-0.1, -0.05) is 182 Å². The lowest BCUT2D eigenvalue weighted by atomic mass is 9.82. The molecular weight excluding hydrogens is 601 g/mol. The molecule has 0 fully saturated rings. The summed E-state index contributed by atoms with van der Waals surface area (Å²) in [5.74, 6) is 0. The molecule has 0 N–H and O–H groups in total. The van der Waals surface area contributed by atoms with Crippen LogP contribution in [0.15, 0.2) is 194 Å². The standard InChI is InChI=1S/C50H32/c1-2-13-33(14-3-1)37-27-28-47-48(32-37)49(38-26-25-34-15-4-5-17-36(34)31-38)44-22-10-11-23-45(44)50(47)46-30-29-43(41-20-8-9-21-42(41)46)40-24-12-18-35-16-6-7-19-39(35)40/h1-32H. The largest absolute Gasteiger partial charge is 0.0622 e. The summed E-state index contributed by atoms with van der Waals surface area (Å²) in [7, 11) is 0. The summed E-state index contributed by atoms with van der Waals surface area (Å²) >= 11 is 0. The first-order valence-corrected chi connectivity index (χ1v) is 17.4. The van der Waals surface area contributed by atoms with E-state index in [9.17, 15) is 0 Å². The van der Waals surface area contributed by atoms with Gasteiger partial charge < -0.3 is 0 Å². The summed E-state index contributed by atoms with van der Waals surface area (Å²) in [6.45, 7) is 0. The van der Waals surface area contributed by atoms with Gasteiger partial charge in [-0.05, 0) is 111 Å². The monoisotopic (exact) mass is 632 g/mol. The van der Waals surface area contributed by atoms with E-state index in [2.05, 4.69) is 194 Å². The highest BCUT2D eigenvalue weighted by Crippen LogP contribution is 2.48. The van der Waals surface area contributed by atoms with Crippen LogP contribution in [-0.4, -0.2) is 0 Å². The molecule has 0 atom stereocenters. The predicted molar refractivity (Wildman–Crippen MR) is 216 cm³/mol. The molecule has 0 radical (unpaired) electrons. The smallest absolute Gasteiger partial charge is 0.00201 e. The normalized spacial score (nSPS) is 11.6. The number of benzene rings is 10. The molecule has 232 valence electrons. The molecule has 10 aromatic carbocycles. The van der Waals surface area contributed by atoms with Gasteiger partial charge in [-0.25, -0.2) is 0 Å². The Kier molecular flexibility index (Phi) is 6.60. The molecule has 10 aromatic rings. The summed E-state index contributed by atoms with van der Waals surface area (Å²) in [5.41, 5.74) is 10.0. The van der Waals surface area contributed by atoms with E-state index in [0.29, 0.717) is 0 Å². The van der Waals surface area contributed by atoms with Crippen LogP contribution in [0.3, 0.4) is 0 Å². The molecule has 0 unspecified atom stereocenters. The molecule has 0 heterocycles. The van der Waals surface area contributed by atoms with E-state index in [1.165, 1.54) is 98.4 Å². The van der Waals surface area contributed by atoms with Crippen molar-refractivity contribution < 1.29 is 0 Å². The molecule has 0 amide bonds. The second kappa shape index (κ2) is 11.6. The first-order valence-electron chi connectivity index (χ1n) is 17.4. The average molecular weight is 633 g/mol. The Morgan fingerprint density at radius 2 is 0.740 bits per heavy atom. The second-order valence-corrected chi connectivity index (χ2v) is 13.2. The Morgan fingerprint density at radius 1 is 0.200 bits per heavy atom. The van der Waals surface area contributed by atoms with E-state index in [1.807, 2.05) is 0 Å². The molecule has 0 aliphatic rings. The predicted octanol–water partition coefficient (Wildman–Crippen LogP) is 14.1. The van der Waals surface area contributed by atoms with Crippen molar-refractivity contribution in [1.82, 2.24) is 0 Å². The number of fused-ring (bicyclic) bond motifs is 5. The van der Waals surface area contributed by atoms with Crippen molar-refractivity contribution in [3.05, 3.63) is 194 Å². The van der Waals surface area contributed by atoms with E-state index in [1.54, 1.807) is 0 Å². The summed E-state index contributed by atoms with van der Waals surface area (Å²) in [6, 6.07) is 71.4. The zero-order valence-corrected chi connectivity index (χ0v) is 27.5. The van der Waals surface area contributed by atoms with E-state index < -0.39 is 0 Å². The highest BCUT2D eigenvalue weighted by atomic mass is 14.2. The molecular formula is C50H32. The maximum absolute atomic E-state index is 2.41. The van der Waals surface area contributed by atoms with Crippen LogP contribution in [0.4, 0.5) is 0 Å². The van der Waals surface area contributed by atoms with Gasteiger partial charge in [-0.2, -0.15) is 0 Å². The van der Waals surface area contributed by atoms with Crippen LogP contribution >= 0.6 is 0 Å². The van der Waals surface area contributed by atoms with Crippen LogP contribution in [0, 0.1) is 0 Å². The van der Waals surface area contributed by atoms with Crippen molar-refractivity contribution in [3.8, 4) is 44.5 Å². The third-order valence-electron chi connectivity index (χ3n) is 10.4. The van der Waals surface area contributed by atoms with Crippen molar-refractivity contribution in [2.75, 3.05) is 0 Å². The summed E-state index contributed by atoms with van der Waals surface area (Å²) in [6.07, 6.45) is 0. The van der Waals surface area contributed by atoms with Gasteiger partial charge in [0.2, 0.25) is 0 Å². The zero-order valence-electron chi connectivity index (χ0n) is 27.5. The minimum atomic E-state index is 1.22. The van der Waals surface area contributed by atoms with Crippen LogP contribution in [-0.2, 0) is 0 Å². The van der Waals surface area contributed by atoms with Gasteiger partial charge in [-0.3, -0.25) is 0 Å². The quantitative estimate of drug-likeness (QED) is 0.169. The molecule has 0 aliphatic heterocycles. The maximum Gasteiger partial charge on any atom is -0.00201 e. The van der Waals surface area contributed by atoms with E-state index in [0.717, 1.165) is 0 Å². The van der Waals surface area contributed by atoms with Gasteiger partial charge >= 0.3 is 0 Å². The van der Waals surface area contributed by atoms with E-state index in [4.69, 9.17) is 0 Å². The fourth-order valence-corrected chi connectivity index (χ4v) is 8.15. The van der Waals surface area contributed by atoms with Gasteiger partial charge in [0.25, 0.3) is 0 Å². The van der Waals surface area contributed by atoms with Crippen molar-refractivity contribution in [2.45, 2.75) is 0 Å². The lowest BCUT2D eigenvalue weighted by molar-refractivity contribution is 1.64. The van der Waals surface area contributed by atoms with Crippen molar-refractivity contribution >= 4 is 53.9 Å². The minimum absolute atomic E-state index is 1.22. The molecule has 0 saturated heterocycles. The Morgan fingerprint density at radius 3 is 1.54 bits per heavy atom. The summed E-state index contributed by atoms with van der Waals surface area (Å²) < 4.78 is 0. The van der Waals surface area contributed by atoms with Crippen molar-refractivity contribution in [3.63, 3.8) is 0 Å². The molecule has 0 bridgehead atoms. The molecule has 0 spiro atoms. The van der Waals surface area contributed by atoms with Crippen LogP contribution < -0.4 is 0 Å². The van der Waals surface area contributed by atoms with Gasteiger partial charge in [0, 0.05) is 0 Å². The Balaban J connectivity index is 1.31. The maximum atomic E-state index is 2.41. The minimum Gasteiger partial charge on any atom is -0.0622 e. The Labute approximate surface area is 291 Å². The number of rotatable bonds is 4. The van der Waals surface area contributed by atoms with Gasteiger partial charge in [-0.15, -0.1) is 0 Å². The fraction of sp³-hybridized carbons (Fsp3) is 0. The van der Waals surface area contributed by atoms with Gasteiger partial charge in [0.15, 0.2) is 0 Å². The zero-order chi connectivity index (χ0) is 33.0. The molecule has 0 saturated carbocycles. The van der Waals surface area contributed by atoms with E-state index >= 15 is 0 Å². The SMILES string of the molecule is c1ccc(-c2ccc3c(-c4ccc(-c5cccc6ccccc56)c5ccccc45)c4ccccc4c(-c4ccc5ccccc5c4)c3c2)cc1. The first-order chi connectivity index (χ1) is 24.8. The first kappa shape index (κ1) is 28.5. The topological polar surface area (TPSA) is 0 Å². The third kappa shape index (κ3) is 4.54. The molecule has 0 nitrogen and oxygen atoms in total.